The van der Waals surface area contributed by atoms with Crippen molar-refractivity contribution in [2.45, 2.75) is 6.42 Å². The number of hydrogen-bond donors (Lipinski definition) is 2. The molecule has 0 fully saturated rings. The van der Waals surface area contributed by atoms with Gasteiger partial charge in [0.15, 0.2) is 0 Å². The van der Waals surface area contributed by atoms with E-state index in [4.69, 9.17) is 4.74 Å². The van der Waals surface area contributed by atoms with Crippen LogP contribution in [-0.2, 0) is 11.2 Å². The lowest BCUT2D eigenvalue weighted by Crippen LogP contribution is -2.37. The summed E-state index contributed by atoms with van der Waals surface area (Å²) in [7, 11) is 5.68. The van der Waals surface area contributed by atoms with Crippen molar-refractivity contribution in [3.63, 3.8) is 0 Å². The van der Waals surface area contributed by atoms with E-state index < -0.39 is 0 Å². The Balaban J connectivity index is 2.18. The third-order valence-corrected chi connectivity index (χ3v) is 2.93. The van der Waals surface area contributed by atoms with Gasteiger partial charge in [-0.2, -0.15) is 0 Å². The first kappa shape index (κ1) is 16.5. The first-order valence-electron chi connectivity index (χ1n) is 6.87. The molecule has 0 unspecified atom stereocenters. The topological polar surface area (TPSA) is 53.6 Å². The van der Waals surface area contributed by atoms with Gasteiger partial charge in [0.2, 0.25) is 5.91 Å². The molecule has 0 spiro atoms. The zero-order valence-electron chi connectivity index (χ0n) is 12.6. The van der Waals surface area contributed by atoms with Crippen LogP contribution in [0.2, 0.25) is 0 Å². The number of likely N-dealkylation sites (N-methyl/N-ethyl adjacent to an activating group) is 1. The Kier molecular flexibility index (Phi) is 7.69. The minimum Gasteiger partial charge on any atom is -0.496 e. The normalized spacial score (nSPS) is 10.6. The van der Waals surface area contributed by atoms with Crippen molar-refractivity contribution in [2.24, 2.45) is 0 Å². The fourth-order valence-corrected chi connectivity index (χ4v) is 1.81. The van der Waals surface area contributed by atoms with Crippen LogP contribution in [0.15, 0.2) is 24.3 Å². The zero-order chi connectivity index (χ0) is 14.8. The largest absolute Gasteiger partial charge is 0.496 e. The number of benzene rings is 1. The van der Waals surface area contributed by atoms with Crippen molar-refractivity contribution in [2.75, 3.05) is 47.4 Å². The van der Waals surface area contributed by atoms with E-state index in [1.165, 1.54) is 0 Å². The molecule has 112 valence electrons. The highest BCUT2D eigenvalue weighted by Crippen LogP contribution is 2.16. The molecule has 1 rings (SSSR count). The number of hydrogen-bond acceptors (Lipinski definition) is 4. The molecule has 5 nitrogen and oxygen atoms in total. The summed E-state index contributed by atoms with van der Waals surface area (Å²) in [5.41, 5.74) is 1.11. The SMILES string of the molecule is COc1ccccc1CCNC(=O)CNCCN(C)C. The Morgan fingerprint density at radius 3 is 2.70 bits per heavy atom. The molecule has 1 amide bonds. The van der Waals surface area contributed by atoms with Crippen LogP contribution in [0.5, 0.6) is 5.75 Å². The average Bonchev–Trinajstić information content (AvgIpc) is 2.44. The summed E-state index contributed by atoms with van der Waals surface area (Å²) in [5.74, 6) is 0.893. The lowest BCUT2D eigenvalue weighted by molar-refractivity contribution is -0.120. The second kappa shape index (κ2) is 9.34. The van der Waals surface area contributed by atoms with Gasteiger partial charge >= 0.3 is 0 Å². The van der Waals surface area contributed by atoms with Crippen LogP contribution < -0.4 is 15.4 Å². The summed E-state index contributed by atoms with van der Waals surface area (Å²) in [4.78, 5) is 13.7. The van der Waals surface area contributed by atoms with Crippen molar-refractivity contribution in [3.05, 3.63) is 29.8 Å². The Morgan fingerprint density at radius 1 is 1.25 bits per heavy atom. The maximum Gasteiger partial charge on any atom is 0.233 e. The first-order valence-corrected chi connectivity index (χ1v) is 6.87. The van der Waals surface area contributed by atoms with Crippen LogP contribution in [-0.4, -0.2) is 58.2 Å². The number of rotatable bonds is 9. The van der Waals surface area contributed by atoms with E-state index in [0.717, 1.165) is 30.8 Å². The van der Waals surface area contributed by atoms with Crippen molar-refractivity contribution in [3.8, 4) is 5.75 Å². The Bertz CT molecular complexity index is 408. The lowest BCUT2D eigenvalue weighted by Gasteiger charge is -2.11. The first-order chi connectivity index (χ1) is 9.63. The smallest absolute Gasteiger partial charge is 0.233 e. The highest BCUT2D eigenvalue weighted by atomic mass is 16.5. The fourth-order valence-electron chi connectivity index (χ4n) is 1.81. The number of para-hydroxylation sites is 1. The van der Waals surface area contributed by atoms with E-state index in [9.17, 15) is 4.79 Å². The van der Waals surface area contributed by atoms with Gasteiger partial charge in [0, 0.05) is 19.6 Å². The molecule has 0 bridgehead atoms. The highest BCUT2D eigenvalue weighted by molar-refractivity contribution is 5.77. The third-order valence-electron chi connectivity index (χ3n) is 2.93. The predicted molar refractivity (Wildman–Crippen MR) is 81.1 cm³/mol. The molecule has 2 N–H and O–H groups in total. The van der Waals surface area contributed by atoms with E-state index in [1.54, 1.807) is 7.11 Å². The van der Waals surface area contributed by atoms with E-state index in [0.29, 0.717) is 13.1 Å². The number of amides is 1. The van der Waals surface area contributed by atoms with Gasteiger partial charge in [-0.1, -0.05) is 18.2 Å². The summed E-state index contributed by atoms with van der Waals surface area (Å²) in [6.45, 7) is 2.72. The van der Waals surface area contributed by atoms with Gasteiger partial charge in [-0.25, -0.2) is 0 Å². The molecule has 5 heteroatoms. The third kappa shape index (κ3) is 6.54. The molecule has 0 aliphatic carbocycles. The van der Waals surface area contributed by atoms with Gasteiger partial charge in [-0.3, -0.25) is 4.79 Å². The summed E-state index contributed by atoms with van der Waals surface area (Å²) in [6, 6.07) is 7.86. The summed E-state index contributed by atoms with van der Waals surface area (Å²) in [5, 5.41) is 6.01. The maximum atomic E-state index is 11.6. The molecular formula is C15H25N3O2. The monoisotopic (exact) mass is 279 g/mol. The summed E-state index contributed by atoms with van der Waals surface area (Å²) < 4.78 is 5.28. The second-order valence-corrected chi connectivity index (χ2v) is 4.89. The minimum atomic E-state index is 0.0265. The van der Waals surface area contributed by atoms with Crippen molar-refractivity contribution in [1.29, 1.82) is 0 Å². The number of carbonyl (C=O) groups excluding carboxylic acids is 1. The van der Waals surface area contributed by atoms with Crippen molar-refractivity contribution in [1.82, 2.24) is 15.5 Å². The Morgan fingerprint density at radius 2 is 2.00 bits per heavy atom. The molecule has 0 aliphatic heterocycles. The Hall–Kier alpha value is -1.59. The van der Waals surface area contributed by atoms with Gasteiger partial charge in [-0.15, -0.1) is 0 Å². The van der Waals surface area contributed by atoms with Crippen LogP contribution in [0.3, 0.4) is 0 Å². The molecule has 0 saturated carbocycles. The van der Waals surface area contributed by atoms with Crippen molar-refractivity contribution < 1.29 is 9.53 Å². The van der Waals surface area contributed by atoms with Gasteiger partial charge in [0.05, 0.1) is 13.7 Å². The molecule has 20 heavy (non-hydrogen) atoms. The molecule has 1 aromatic rings. The Labute approximate surface area is 121 Å². The van der Waals surface area contributed by atoms with Crippen LogP contribution in [0.4, 0.5) is 0 Å². The molecule has 1 aromatic carbocycles. The molecule has 0 saturated heterocycles. The molecule has 0 aliphatic rings. The standard InChI is InChI=1S/C15H25N3O2/c1-18(2)11-10-16-12-15(19)17-9-8-13-6-4-5-7-14(13)20-3/h4-7,16H,8-12H2,1-3H3,(H,17,19). The molecule has 0 heterocycles. The van der Waals surface area contributed by atoms with E-state index in [2.05, 4.69) is 15.5 Å². The number of carbonyl (C=O) groups is 1. The number of nitrogens with one attached hydrogen (secondary N) is 2. The van der Waals surface area contributed by atoms with E-state index in [-0.39, 0.29) is 5.91 Å². The molecule has 0 radical (unpaired) electrons. The molecule has 0 aromatic heterocycles. The number of nitrogens with zero attached hydrogens (tertiary/aromatic N) is 1. The van der Waals surface area contributed by atoms with Crippen LogP contribution in [0.25, 0.3) is 0 Å². The van der Waals surface area contributed by atoms with Crippen LogP contribution >= 0.6 is 0 Å². The van der Waals surface area contributed by atoms with Gasteiger partial charge < -0.3 is 20.3 Å². The number of ether oxygens (including phenoxy) is 1. The average molecular weight is 279 g/mol. The lowest BCUT2D eigenvalue weighted by atomic mass is 10.1. The fraction of sp³-hybridized carbons (Fsp3) is 0.533. The van der Waals surface area contributed by atoms with E-state index in [1.807, 2.05) is 38.4 Å². The molecule has 0 atom stereocenters. The summed E-state index contributed by atoms with van der Waals surface area (Å²) in [6.07, 6.45) is 0.771. The second-order valence-electron chi connectivity index (χ2n) is 4.89. The van der Waals surface area contributed by atoms with Crippen LogP contribution in [0, 0.1) is 0 Å². The summed E-state index contributed by atoms with van der Waals surface area (Å²) >= 11 is 0. The van der Waals surface area contributed by atoms with Gasteiger partial charge in [0.1, 0.15) is 5.75 Å². The highest BCUT2D eigenvalue weighted by Gasteiger charge is 2.03. The zero-order valence-corrected chi connectivity index (χ0v) is 12.6. The molecular weight excluding hydrogens is 254 g/mol. The minimum absolute atomic E-state index is 0.0265. The van der Waals surface area contributed by atoms with Gasteiger partial charge in [-0.05, 0) is 32.1 Å². The quantitative estimate of drug-likeness (QED) is 0.647. The van der Waals surface area contributed by atoms with E-state index >= 15 is 0 Å². The van der Waals surface area contributed by atoms with Crippen LogP contribution in [0.1, 0.15) is 5.56 Å². The van der Waals surface area contributed by atoms with Crippen molar-refractivity contribution >= 4 is 5.91 Å². The number of methoxy groups -OCH3 is 1. The predicted octanol–water partition coefficient (Wildman–Crippen LogP) is 0.505. The van der Waals surface area contributed by atoms with Gasteiger partial charge in [0.25, 0.3) is 0 Å². The maximum absolute atomic E-state index is 11.6.